The number of rotatable bonds is 4. The number of hydrogen-bond donors (Lipinski definition) is 1. The maximum absolute atomic E-state index is 11.3. The lowest BCUT2D eigenvalue weighted by Gasteiger charge is -2.07. The van der Waals surface area contributed by atoms with Crippen molar-refractivity contribution in [1.82, 2.24) is 4.98 Å². The SMILES string of the molecule is COC(=O)c1ccc(NCc2cncc(Br)c2)cc1. The van der Waals surface area contributed by atoms with Gasteiger partial charge >= 0.3 is 5.97 Å². The fraction of sp³-hybridized carbons (Fsp3) is 0.143. The highest BCUT2D eigenvalue weighted by Crippen LogP contribution is 2.14. The first kappa shape index (κ1) is 13.5. The first-order valence-corrected chi connectivity index (χ1v) is 6.50. The molecule has 0 aliphatic carbocycles. The molecule has 0 bridgehead atoms. The summed E-state index contributed by atoms with van der Waals surface area (Å²) in [5.74, 6) is -0.331. The van der Waals surface area contributed by atoms with Crippen LogP contribution in [0.2, 0.25) is 0 Å². The Morgan fingerprint density at radius 1 is 1.32 bits per heavy atom. The molecule has 0 aliphatic rings. The fourth-order valence-corrected chi connectivity index (χ4v) is 2.01. The van der Waals surface area contributed by atoms with Crippen LogP contribution < -0.4 is 5.32 Å². The van der Waals surface area contributed by atoms with Crippen LogP contribution in [-0.4, -0.2) is 18.1 Å². The van der Waals surface area contributed by atoms with Crippen molar-refractivity contribution in [3.63, 3.8) is 0 Å². The van der Waals surface area contributed by atoms with Gasteiger partial charge in [-0.25, -0.2) is 4.79 Å². The van der Waals surface area contributed by atoms with Gasteiger partial charge in [-0.3, -0.25) is 4.98 Å². The molecule has 98 valence electrons. The summed E-state index contributed by atoms with van der Waals surface area (Å²) in [5, 5.41) is 3.26. The summed E-state index contributed by atoms with van der Waals surface area (Å²) < 4.78 is 5.60. The van der Waals surface area contributed by atoms with Crippen molar-refractivity contribution in [2.24, 2.45) is 0 Å². The van der Waals surface area contributed by atoms with E-state index in [4.69, 9.17) is 0 Å². The summed E-state index contributed by atoms with van der Waals surface area (Å²) in [6.07, 6.45) is 3.55. The number of benzene rings is 1. The van der Waals surface area contributed by atoms with Gasteiger partial charge in [0.15, 0.2) is 0 Å². The molecular formula is C14H13BrN2O2. The van der Waals surface area contributed by atoms with Crippen molar-refractivity contribution in [3.8, 4) is 0 Å². The second-order valence-corrected chi connectivity index (χ2v) is 4.85. The molecule has 0 unspecified atom stereocenters. The van der Waals surface area contributed by atoms with Crippen LogP contribution in [0.25, 0.3) is 0 Å². The number of pyridine rings is 1. The van der Waals surface area contributed by atoms with Gasteiger partial charge in [-0.1, -0.05) is 0 Å². The zero-order chi connectivity index (χ0) is 13.7. The Balaban J connectivity index is 1.98. The van der Waals surface area contributed by atoms with E-state index in [1.807, 2.05) is 18.2 Å². The van der Waals surface area contributed by atoms with E-state index in [1.165, 1.54) is 7.11 Å². The van der Waals surface area contributed by atoms with Gasteiger partial charge in [-0.05, 0) is 51.8 Å². The number of nitrogens with zero attached hydrogens (tertiary/aromatic N) is 1. The minimum atomic E-state index is -0.331. The van der Waals surface area contributed by atoms with Crippen LogP contribution >= 0.6 is 15.9 Å². The average molecular weight is 321 g/mol. The van der Waals surface area contributed by atoms with Crippen molar-refractivity contribution in [2.45, 2.75) is 6.54 Å². The molecule has 0 saturated heterocycles. The van der Waals surface area contributed by atoms with E-state index in [-0.39, 0.29) is 5.97 Å². The number of nitrogens with one attached hydrogen (secondary N) is 1. The van der Waals surface area contributed by atoms with Gasteiger partial charge in [0.1, 0.15) is 0 Å². The molecule has 19 heavy (non-hydrogen) atoms. The van der Waals surface area contributed by atoms with Crippen molar-refractivity contribution in [2.75, 3.05) is 12.4 Å². The van der Waals surface area contributed by atoms with Gasteiger partial charge in [0.25, 0.3) is 0 Å². The number of anilines is 1. The standard InChI is InChI=1S/C14H13BrN2O2/c1-19-14(18)11-2-4-13(5-3-11)17-8-10-6-12(15)9-16-7-10/h2-7,9,17H,8H2,1H3. The molecule has 0 radical (unpaired) electrons. The van der Waals surface area contributed by atoms with Crippen LogP contribution in [0, 0.1) is 0 Å². The number of aromatic nitrogens is 1. The average Bonchev–Trinajstić information content (AvgIpc) is 2.45. The number of carbonyl (C=O) groups is 1. The molecule has 4 nitrogen and oxygen atoms in total. The molecule has 1 aromatic heterocycles. The molecule has 0 fully saturated rings. The topological polar surface area (TPSA) is 51.2 Å². The minimum absolute atomic E-state index is 0.331. The second-order valence-electron chi connectivity index (χ2n) is 3.93. The van der Waals surface area contributed by atoms with Crippen LogP contribution in [-0.2, 0) is 11.3 Å². The zero-order valence-electron chi connectivity index (χ0n) is 10.4. The van der Waals surface area contributed by atoms with E-state index in [9.17, 15) is 4.79 Å². The lowest BCUT2D eigenvalue weighted by Crippen LogP contribution is -2.03. The third-order valence-corrected chi connectivity index (χ3v) is 3.00. The first-order chi connectivity index (χ1) is 9.19. The number of halogens is 1. The Morgan fingerprint density at radius 3 is 2.68 bits per heavy atom. The first-order valence-electron chi connectivity index (χ1n) is 5.71. The number of carbonyl (C=O) groups excluding carboxylic acids is 1. The molecule has 2 aromatic rings. The van der Waals surface area contributed by atoms with Gasteiger partial charge in [-0.15, -0.1) is 0 Å². The van der Waals surface area contributed by atoms with E-state index >= 15 is 0 Å². The highest BCUT2D eigenvalue weighted by atomic mass is 79.9. The Bertz CT molecular complexity index is 570. The predicted octanol–water partition coefficient (Wildman–Crippen LogP) is 3.24. The Kier molecular flexibility index (Phi) is 4.52. The van der Waals surface area contributed by atoms with Gasteiger partial charge in [0, 0.05) is 29.1 Å². The molecule has 1 N–H and O–H groups in total. The molecular weight excluding hydrogens is 308 g/mol. The van der Waals surface area contributed by atoms with E-state index in [1.54, 1.807) is 24.5 Å². The molecule has 1 aromatic carbocycles. The summed E-state index contributed by atoms with van der Waals surface area (Å²) in [4.78, 5) is 15.4. The van der Waals surface area contributed by atoms with E-state index in [2.05, 4.69) is 31.0 Å². The molecule has 0 spiro atoms. The number of ether oxygens (including phenoxy) is 1. The number of hydrogen-bond acceptors (Lipinski definition) is 4. The van der Waals surface area contributed by atoms with Crippen LogP contribution in [0.3, 0.4) is 0 Å². The molecule has 0 saturated carbocycles. The molecule has 2 rings (SSSR count). The van der Waals surface area contributed by atoms with Crippen LogP contribution in [0.5, 0.6) is 0 Å². The van der Waals surface area contributed by atoms with E-state index in [0.29, 0.717) is 12.1 Å². The minimum Gasteiger partial charge on any atom is -0.465 e. The van der Waals surface area contributed by atoms with Gasteiger partial charge in [0.05, 0.1) is 12.7 Å². The monoisotopic (exact) mass is 320 g/mol. The third-order valence-electron chi connectivity index (χ3n) is 2.56. The highest BCUT2D eigenvalue weighted by molar-refractivity contribution is 9.10. The normalized spacial score (nSPS) is 10.0. The van der Waals surface area contributed by atoms with Crippen LogP contribution in [0.4, 0.5) is 5.69 Å². The molecule has 1 heterocycles. The van der Waals surface area contributed by atoms with Gasteiger partial charge < -0.3 is 10.1 Å². The Hall–Kier alpha value is -1.88. The molecule has 0 aliphatic heterocycles. The largest absolute Gasteiger partial charge is 0.465 e. The molecule has 0 amide bonds. The van der Waals surface area contributed by atoms with Crippen molar-refractivity contribution < 1.29 is 9.53 Å². The summed E-state index contributed by atoms with van der Waals surface area (Å²) >= 11 is 3.38. The maximum Gasteiger partial charge on any atom is 0.337 e. The van der Waals surface area contributed by atoms with Crippen molar-refractivity contribution in [1.29, 1.82) is 0 Å². The third kappa shape index (κ3) is 3.79. The fourth-order valence-electron chi connectivity index (χ4n) is 1.60. The van der Waals surface area contributed by atoms with Crippen molar-refractivity contribution >= 4 is 27.6 Å². The van der Waals surface area contributed by atoms with Crippen molar-refractivity contribution in [3.05, 3.63) is 58.3 Å². The van der Waals surface area contributed by atoms with Crippen LogP contribution in [0.15, 0.2) is 47.2 Å². The summed E-state index contributed by atoms with van der Waals surface area (Å²) in [5.41, 5.74) is 2.55. The molecule has 5 heteroatoms. The second kappa shape index (κ2) is 6.33. The van der Waals surface area contributed by atoms with Crippen LogP contribution in [0.1, 0.15) is 15.9 Å². The predicted molar refractivity (Wildman–Crippen MR) is 77.0 cm³/mol. The Labute approximate surface area is 119 Å². The Morgan fingerprint density at radius 2 is 2.05 bits per heavy atom. The lowest BCUT2D eigenvalue weighted by atomic mass is 10.2. The summed E-state index contributed by atoms with van der Waals surface area (Å²) in [6, 6.07) is 9.15. The van der Waals surface area contributed by atoms with E-state index < -0.39 is 0 Å². The van der Waals surface area contributed by atoms with Gasteiger partial charge in [-0.2, -0.15) is 0 Å². The highest BCUT2D eigenvalue weighted by Gasteiger charge is 2.04. The summed E-state index contributed by atoms with van der Waals surface area (Å²) in [7, 11) is 1.37. The van der Waals surface area contributed by atoms with E-state index in [0.717, 1.165) is 15.7 Å². The maximum atomic E-state index is 11.3. The lowest BCUT2D eigenvalue weighted by molar-refractivity contribution is 0.0601. The van der Waals surface area contributed by atoms with Gasteiger partial charge in [0.2, 0.25) is 0 Å². The number of esters is 1. The smallest absolute Gasteiger partial charge is 0.337 e. The number of methoxy groups -OCH3 is 1. The summed E-state index contributed by atoms with van der Waals surface area (Å²) in [6.45, 7) is 0.671. The zero-order valence-corrected chi connectivity index (χ0v) is 12.0. The quantitative estimate of drug-likeness (QED) is 0.879. The molecule has 0 atom stereocenters.